The molecule has 0 unspecified atom stereocenters. The van der Waals surface area contributed by atoms with E-state index in [1.54, 1.807) is 0 Å². The van der Waals surface area contributed by atoms with Crippen LogP contribution >= 0.6 is 0 Å². The Kier molecular flexibility index (Phi) is 3.73. The van der Waals surface area contributed by atoms with Crippen molar-refractivity contribution in [3.8, 4) is 0 Å². The molecule has 14 heavy (non-hydrogen) atoms. The van der Waals surface area contributed by atoms with Crippen molar-refractivity contribution >= 4 is 17.6 Å². The Bertz CT molecular complexity index is 246. The molecule has 0 bridgehead atoms. The van der Waals surface area contributed by atoms with E-state index >= 15 is 0 Å². The molecule has 1 fully saturated rings. The zero-order chi connectivity index (χ0) is 10.6. The van der Waals surface area contributed by atoms with Gasteiger partial charge in [0.15, 0.2) is 5.78 Å². The molecule has 6 nitrogen and oxygen atoms in total. The van der Waals surface area contributed by atoms with Crippen LogP contribution in [-0.2, 0) is 19.1 Å². The highest BCUT2D eigenvalue weighted by Crippen LogP contribution is 2.02. The van der Waals surface area contributed by atoms with Gasteiger partial charge < -0.3 is 10.5 Å². The summed E-state index contributed by atoms with van der Waals surface area (Å²) in [6.45, 7) is -0.336. The number of ketones is 1. The van der Waals surface area contributed by atoms with Crippen LogP contribution in [0.3, 0.4) is 0 Å². The van der Waals surface area contributed by atoms with E-state index in [4.69, 9.17) is 10.5 Å². The fourth-order valence-corrected chi connectivity index (χ4v) is 1.09. The molecule has 0 aliphatic carbocycles. The molecule has 1 heterocycles. The molecule has 1 saturated heterocycles. The van der Waals surface area contributed by atoms with Gasteiger partial charge in [0.05, 0.1) is 26.1 Å². The van der Waals surface area contributed by atoms with Crippen LogP contribution in [0, 0.1) is 0 Å². The standard InChI is InChI=1S/C8H12N2O4/c9-3-6(11)4-10-7(12)1-2-14-5-8(10)13/h1-5,9H2. The van der Waals surface area contributed by atoms with E-state index in [0.29, 0.717) is 0 Å². The molecule has 6 heteroatoms. The number of hydrogen-bond donors (Lipinski definition) is 1. The normalized spacial score (nSPS) is 18.2. The number of hydrogen-bond acceptors (Lipinski definition) is 5. The Morgan fingerprint density at radius 1 is 1.43 bits per heavy atom. The summed E-state index contributed by atoms with van der Waals surface area (Å²) in [5.41, 5.74) is 5.09. The van der Waals surface area contributed by atoms with Gasteiger partial charge in [-0.1, -0.05) is 0 Å². The average Bonchev–Trinajstić information content (AvgIpc) is 2.32. The zero-order valence-electron chi connectivity index (χ0n) is 7.69. The maximum absolute atomic E-state index is 11.3. The lowest BCUT2D eigenvalue weighted by Gasteiger charge is -2.16. The maximum Gasteiger partial charge on any atom is 0.255 e. The van der Waals surface area contributed by atoms with Crippen LogP contribution in [0.1, 0.15) is 6.42 Å². The topological polar surface area (TPSA) is 89.7 Å². The lowest BCUT2D eigenvalue weighted by Crippen LogP contribution is -2.42. The molecule has 0 spiro atoms. The Labute approximate surface area is 81.0 Å². The van der Waals surface area contributed by atoms with Crippen LogP contribution in [0.4, 0.5) is 0 Å². The van der Waals surface area contributed by atoms with E-state index in [9.17, 15) is 14.4 Å². The molecule has 0 aromatic carbocycles. The van der Waals surface area contributed by atoms with E-state index in [1.165, 1.54) is 0 Å². The van der Waals surface area contributed by atoms with Gasteiger partial charge in [-0.3, -0.25) is 19.3 Å². The number of nitrogens with zero attached hydrogens (tertiary/aromatic N) is 1. The number of imide groups is 1. The third-order valence-corrected chi connectivity index (χ3v) is 1.85. The smallest absolute Gasteiger partial charge is 0.255 e. The van der Waals surface area contributed by atoms with Crippen molar-refractivity contribution in [2.45, 2.75) is 6.42 Å². The van der Waals surface area contributed by atoms with Gasteiger partial charge in [0.1, 0.15) is 6.61 Å². The van der Waals surface area contributed by atoms with Gasteiger partial charge in [0.2, 0.25) is 5.91 Å². The van der Waals surface area contributed by atoms with Gasteiger partial charge in [0, 0.05) is 0 Å². The largest absolute Gasteiger partial charge is 0.371 e. The second-order valence-electron chi connectivity index (χ2n) is 2.92. The summed E-state index contributed by atoms with van der Waals surface area (Å²) in [7, 11) is 0. The molecular weight excluding hydrogens is 188 g/mol. The predicted octanol–water partition coefficient (Wildman–Crippen LogP) is -1.71. The first-order chi connectivity index (χ1) is 6.65. The number of carbonyl (C=O) groups is 3. The second-order valence-corrected chi connectivity index (χ2v) is 2.92. The summed E-state index contributed by atoms with van der Waals surface area (Å²) in [4.78, 5) is 34.4. The number of nitrogens with two attached hydrogens (primary N) is 1. The van der Waals surface area contributed by atoms with Gasteiger partial charge in [-0.2, -0.15) is 0 Å². The summed E-state index contributed by atoms with van der Waals surface area (Å²) in [6.07, 6.45) is 0.129. The van der Waals surface area contributed by atoms with Crippen molar-refractivity contribution in [3.05, 3.63) is 0 Å². The minimum Gasteiger partial charge on any atom is -0.371 e. The number of Topliss-reactive ketones (excluding diaryl/α,β-unsaturated/α-hetero) is 1. The Morgan fingerprint density at radius 2 is 2.14 bits per heavy atom. The molecule has 78 valence electrons. The number of carbonyl (C=O) groups excluding carboxylic acids is 3. The molecule has 0 saturated carbocycles. The number of rotatable bonds is 3. The third kappa shape index (κ3) is 2.61. The molecule has 0 aromatic heterocycles. The lowest BCUT2D eigenvalue weighted by molar-refractivity contribution is -0.146. The van der Waals surface area contributed by atoms with Crippen LogP contribution in [0.25, 0.3) is 0 Å². The molecule has 1 rings (SSSR count). The Morgan fingerprint density at radius 3 is 2.79 bits per heavy atom. The molecular formula is C8H12N2O4. The first-order valence-electron chi connectivity index (χ1n) is 4.28. The minimum absolute atomic E-state index is 0.129. The van der Waals surface area contributed by atoms with Gasteiger partial charge in [-0.25, -0.2) is 0 Å². The van der Waals surface area contributed by atoms with Crippen molar-refractivity contribution in [1.82, 2.24) is 4.90 Å². The highest BCUT2D eigenvalue weighted by Gasteiger charge is 2.25. The molecule has 1 aliphatic rings. The lowest BCUT2D eigenvalue weighted by atomic mass is 10.3. The fraction of sp³-hybridized carbons (Fsp3) is 0.625. The molecule has 0 atom stereocenters. The fourth-order valence-electron chi connectivity index (χ4n) is 1.09. The molecule has 2 amide bonds. The average molecular weight is 200 g/mol. The summed E-state index contributed by atoms with van der Waals surface area (Å²) in [5.74, 6) is -1.20. The van der Waals surface area contributed by atoms with Crippen molar-refractivity contribution in [2.24, 2.45) is 5.73 Å². The highest BCUT2D eigenvalue weighted by atomic mass is 16.5. The van der Waals surface area contributed by atoms with Gasteiger partial charge in [-0.15, -0.1) is 0 Å². The van der Waals surface area contributed by atoms with E-state index < -0.39 is 5.91 Å². The predicted molar refractivity (Wildman–Crippen MR) is 46.2 cm³/mol. The van der Waals surface area contributed by atoms with E-state index in [1.807, 2.05) is 0 Å². The Hall–Kier alpha value is -1.27. The highest BCUT2D eigenvalue weighted by molar-refractivity contribution is 6.00. The van der Waals surface area contributed by atoms with Crippen LogP contribution in [-0.4, -0.2) is 48.8 Å². The Balaban J connectivity index is 2.65. The quantitative estimate of drug-likeness (QED) is 0.548. The summed E-state index contributed by atoms with van der Waals surface area (Å²) in [6, 6.07) is 0. The maximum atomic E-state index is 11.3. The first kappa shape index (κ1) is 10.8. The van der Waals surface area contributed by atoms with Gasteiger partial charge >= 0.3 is 0 Å². The van der Waals surface area contributed by atoms with Crippen LogP contribution in [0.15, 0.2) is 0 Å². The minimum atomic E-state index is -0.477. The zero-order valence-corrected chi connectivity index (χ0v) is 7.69. The summed E-state index contributed by atoms with van der Waals surface area (Å²) >= 11 is 0. The molecule has 2 N–H and O–H groups in total. The van der Waals surface area contributed by atoms with Crippen molar-refractivity contribution < 1.29 is 19.1 Å². The van der Waals surface area contributed by atoms with Crippen molar-refractivity contribution in [2.75, 3.05) is 26.3 Å². The van der Waals surface area contributed by atoms with E-state index in [0.717, 1.165) is 4.90 Å². The van der Waals surface area contributed by atoms with E-state index in [-0.39, 0.29) is 44.4 Å². The van der Waals surface area contributed by atoms with E-state index in [2.05, 4.69) is 0 Å². The first-order valence-corrected chi connectivity index (χ1v) is 4.28. The monoisotopic (exact) mass is 200 g/mol. The van der Waals surface area contributed by atoms with Crippen LogP contribution in [0.5, 0.6) is 0 Å². The van der Waals surface area contributed by atoms with Crippen molar-refractivity contribution in [3.63, 3.8) is 0 Å². The summed E-state index contributed by atoms with van der Waals surface area (Å²) < 4.78 is 4.87. The molecule has 0 aromatic rings. The third-order valence-electron chi connectivity index (χ3n) is 1.85. The van der Waals surface area contributed by atoms with Crippen molar-refractivity contribution in [1.29, 1.82) is 0 Å². The van der Waals surface area contributed by atoms with Crippen LogP contribution in [0.2, 0.25) is 0 Å². The molecule has 0 radical (unpaired) electrons. The summed E-state index contributed by atoms with van der Waals surface area (Å²) in [5, 5.41) is 0. The van der Waals surface area contributed by atoms with Gasteiger partial charge in [-0.05, 0) is 0 Å². The van der Waals surface area contributed by atoms with Crippen LogP contribution < -0.4 is 5.73 Å². The number of ether oxygens (including phenoxy) is 1. The number of amides is 2. The second kappa shape index (κ2) is 4.83. The molecule has 1 aliphatic heterocycles. The van der Waals surface area contributed by atoms with Gasteiger partial charge in [0.25, 0.3) is 5.91 Å². The SMILES string of the molecule is NCC(=O)CN1C(=O)CCOCC1=O.